The second-order valence-electron chi connectivity index (χ2n) is 5.33. The van der Waals surface area contributed by atoms with Gasteiger partial charge < -0.3 is 15.7 Å². The Balaban J connectivity index is 1.67. The number of fused-ring (bicyclic) bond motifs is 1. The second kappa shape index (κ2) is 6.79. The van der Waals surface area contributed by atoms with Gasteiger partial charge >= 0.3 is 5.97 Å². The van der Waals surface area contributed by atoms with Gasteiger partial charge in [0.2, 0.25) is 5.91 Å². The highest BCUT2D eigenvalue weighted by Gasteiger charge is 2.55. The van der Waals surface area contributed by atoms with Gasteiger partial charge in [-0.2, -0.15) is 0 Å². The molecule has 1 aromatic rings. The van der Waals surface area contributed by atoms with E-state index in [0.717, 1.165) is 14.4 Å². The molecule has 1 amide bonds. The molecule has 0 aromatic carbocycles. The molecule has 11 heteroatoms. The van der Waals surface area contributed by atoms with Crippen molar-refractivity contribution in [1.82, 2.24) is 15.1 Å². The van der Waals surface area contributed by atoms with Crippen molar-refractivity contribution in [2.45, 2.75) is 27.0 Å². The Morgan fingerprint density at radius 1 is 1.48 bits per heavy atom. The molecule has 2 aliphatic rings. The first-order valence-electron chi connectivity index (χ1n) is 6.97. The van der Waals surface area contributed by atoms with Gasteiger partial charge in [0.15, 0.2) is 8.68 Å². The van der Waals surface area contributed by atoms with Crippen molar-refractivity contribution < 1.29 is 14.7 Å². The maximum atomic E-state index is 11.8. The molecular formula is C12H16N4O3S4. The van der Waals surface area contributed by atoms with Crippen LogP contribution in [0.1, 0.15) is 6.92 Å². The summed E-state index contributed by atoms with van der Waals surface area (Å²) in [5, 5.41) is 17.8. The number of aliphatic carboxylic acids is 1. The number of nitrogens with zero attached hydrogens (tertiary/aromatic N) is 3. The molecule has 3 rings (SSSR count). The number of thioether (sulfide) groups is 3. The summed E-state index contributed by atoms with van der Waals surface area (Å²) in [6.07, 6.45) is 0. The van der Waals surface area contributed by atoms with Crippen LogP contribution in [0.3, 0.4) is 0 Å². The molecule has 126 valence electrons. The van der Waals surface area contributed by atoms with Gasteiger partial charge in [-0.1, -0.05) is 41.8 Å². The van der Waals surface area contributed by atoms with Gasteiger partial charge in [0.1, 0.15) is 16.8 Å². The van der Waals surface area contributed by atoms with E-state index in [1.807, 2.05) is 6.92 Å². The number of amides is 1. The average Bonchev–Trinajstić information content (AvgIpc) is 2.99. The van der Waals surface area contributed by atoms with Crippen LogP contribution in [0, 0.1) is 5.41 Å². The van der Waals surface area contributed by atoms with Crippen LogP contribution in [-0.2, 0) is 9.59 Å². The molecule has 0 aliphatic carbocycles. The van der Waals surface area contributed by atoms with Crippen molar-refractivity contribution in [1.29, 1.82) is 0 Å². The van der Waals surface area contributed by atoms with E-state index in [1.54, 1.807) is 16.7 Å². The van der Waals surface area contributed by atoms with Gasteiger partial charge in [0.05, 0.1) is 0 Å². The third-order valence-electron chi connectivity index (χ3n) is 3.77. The normalized spacial score (nSPS) is 30.0. The maximum absolute atomic E-state index is 11.8. The fourth-order valence-electron chi connectivity index (χ4n) is 2.44. The predicted molar refractivity (Wildman–Crippen MR) is 93.0 cm³/mol. The topological polar surface area (TPSA) is 109 Å². The monoisotopic (exact) mass is 392 g/mol. The molecule has 1 aromatic heterocycles. The lowest BCUT2D eigenvalue weighted by Gasteiger charge is -2.52. The summed E-state index contributed by atoms with van der Waals surface area (Å²) in [6.45, 7) is 2.26. The van der Waals surface area contributed by atoms with Crippen molar-refractivity contribution in [3.8, 4) is 0 Å². The fraction of sp³-hybridized carbons (Fsp3) is 0.667. The van der Waals surface area contributed by atoms with E-state index in [9.17, 15) is 14.7 Å². The van der Waals surface area contributed by atoms with E-state index in [1.165, 1.54) is 34.9 Å². The SMILES string of the molecule is CCSc1nnc(SCC2(C(=O)O)CS[C@@H]3C(N)C(=O)N3C2)s1. The molecule has 23 heavy (non-hydrogen) atoms. The van der Waals surface area contributed by atoms with Crippen LogP contribution in [0.2, 0.25) is 0 Å². The summed E-state index contributed by atoms with van der Waals surface area (Å²) in [5.74, 6) is 0.708. The van der Waals surface area contributed by atoms with Crippen LogP contribution < -0.4 is 5.73 Å². The average molecular weight is 393 g/mol. The van der Waals surface area contributed by atoms with Crippen molar-refractivity contribution in [3.05, 3.63) is 0 Å². The highest BCUT2D eigenvalue weighted by Crippen LogP contribution is 2.44. The van der Waals surface area contributed by atoms with Crippen molar-refractivity contribution in [2.75, 3.05) is 23.8 Å². The molecule has 2 fully saturated rings. The number of hydrogen-bond donors (Lipinski definition) is 2. The lowest BCUT2D eigenvalue weighted by molar-refractivity contribution is -0.155. The number of aromatic nitrogens is 2. The first kappa shape index (κ1) is 17.3. The molecule has 0 bridgehead atoms. The Bertz CT molecular complexity index is 627. The molecule has 3 N–H and O–H groups in total. The van der Waals surface area contributed by atoms with E-state index in [-0.39, 0.29) is 17.8 Å². The quantitative estimate of drug-likeness (QED) is 0.542. The van der Waals surface area contributed by atoms with Gasteiger partial charge in [-0.25, -0.2) is 0 Å². The van der Waals surface area contributed by atoms with Crippen LogP contribution in [0.25, 0.3) is 0 Å². The first-order valence-corrected chi connectivity index (χ1v) is 10.8. The van der Waals surface area contributed by atoms with Gasteiger partial charge in [-0.15, -0.1) is 22.0 Å². The Hall–Kier alpha value is -0.490. The standard InChI is InChI=1S/C12H16N4O3S4/c1-2-20-10-14-15-11(23-10)22-5-12(9(18)19)3-16-7(17)6(13)8(16)21-4-12/h6,8H,2-5,13H2,1H3,(H,18,19)/t6?,8-,12?/m1/s1. The number of carbonyl (C=O) groups excluding carboxylic acids is 1. The number of carbonyl (C=O) groups is 2. The molecule has 0 spiro atoms. The smallest absolute Gasteiger partial charge is 0.313 e. The van der Waals surface area contributed by atoms with Gasteiger partial charge in [0, 0.05) is 18.1 Å². The van der Waals surface area contributed by atoms with Crippen LogP contribution in [-0.4, -0.2) is 67.3 Å². The molecular weight excluding hydrogens is 376 g/mol. The zero-order valence-corrected chi connectivity index (χ0v) is 15.6. The lowest BCUT2D eigenvalue weighted by Crippen LogP contribution is -2.72. The third-order valence-corrected chi connectivity index (χ3v) is 8.74. The number of β-lactam (4-membered cyclic amide) rings is 1. The van der Waals surface area contributed by atoms with E-state index in [0.29, 0.717) is 11.5 Å². The lowest BCUT2D eigenvalue weighted by atomic mass is 9.89. The largest absolute Gasteiger partial charge is 0.481 e. The van der Waals surface area contributed by atoms with E-state index in [4.69, 9.17) is 5.73 Å². The van der Waals surface area contributed by atoms with Crippen molar-refractivity contribution >= 4 is 58.5 Å². The Morgan fingerprint density at radius 2 is 2.17 bits per heavy atom. The summed E-state index contributed by atoms with van der Waals surface area (Å²) in [7, 11) is 0. The van der Waals surface area contributed by atoms with Gasteiger partial charge in [-0.05, 0) is 5.75 Å². The summed E-state index contributed by atoms with van der Waals surface area (Å²) in [6, 6.07) is -0.490. The Morgan fingerprint density at radius 3 is 2.83 bits per heavy atom. The Labute approximate surface area is 150 Å². The number of nitrogens with two attached hydrogens (primary N) is 1. The molecule has 2 saturated heterocycles. The second-order valence-corrected chi connectivity index (χ2v) is 10.2. The van der Waals surface area contributed by atoms with Crippen molar-refractivity contribution in [3.63, 3.8) is 0 Å². The molecule has 0 radical (unpaired) electrons. The molecule has 3 atom stereocenters. The molecule has 7 nitrogen and oxygen atoms in total. The molecule has 2 unspecified atom stereocenters. The zero-order valence-electron chi connectivity index (χ0n) is 12.3. The minimum absolute atomic E-state index is 0.0749. The predicted octanol–water partition coefficient (Wildman–Crippen LogP) is 1.06. The van der Waals surface area contributed by atoms with E-state index in [2.05, 4.69) is 10.2 Å². The number of carboxylic acid groups (broad SMARTS) is 1. The van der Waals surface area contributed by atoms with E-state index >= 15 is 0 Å². The highest BCUT2D eigenvalue weighted by atomic mass is 32.2. The van der Waals surface area contributed by atoms with Gasteiger partial charge in [-0.3, -0.25) is 9.59 Å². The fourth-order valence-corrected chi connectivity index (χ4v) is 7.17. The Kier molecular flexibility index (Phi) is 5.12. The van der Waals surface area contributed by atoms with Crippen LogP contribution in [0.4, 0.5) is 0 Å². The summed E-state index contributed by atoms with van der Waals surface area (Å²) < 4.78 is 1.65. The summed E-state index contributed by atoms with van der Waals surface area (Å²) in [4.78, 5) is 25.2. The van der Waals surface area contributed by atoms with Crippen LogP contribution >= 0.6 is 46.6 Å². The van der Waals surface area contributed by atoms with Crippen LogP contribution in [0.5, 0.6) is 0 Å². The van der Waals surface area contributed by atoms with E-state index < -0.39 is 17.4 Å². The van der Waals surface area contributed by atoms with Crippen molar-refractivity contribution in [2.24, 2.45) is 11.1 Å². The first-order chi connectivity index (χ1) is 11.0. The number of hydrogen-bond acceptors (Lipinski definition) is 9. The number of carboxylic acids is 1. The third kappa shape index (κ3) is 3.21. The molecule has 0 saturated carbocycles. The highest BCUT2D eigenvalue weighted by molar-refractivity contribution is 8.03. The molecule has 3 heterocycles. The summed E-state index contributed by atoms with van der Waals surface area (Å²) >= 11 is 5.95. The number of rotatable bonds is 6. The van der Waals surface area contributed by atoms with Gasteiger partial charge in [0.25, 0.3) is 0 Å². The molecule has 2 aliphatic heterocycles. The minimum Gasteiger partial charge on any atom is -0.481 e. The minimum atomic E-state index is -0.967. The maximum Gasteiger partial charge on any atom is 0.313 e. The zero-order chi connectivity index (χ0) is 16.6. The summed E-state index contributed by atoms with van der Waals surface area (Å²) in [5.41, 5.74) is 4.79. The van der Waals surface area contributed by atoms with Crippen LogP contribution in [0.15, 0.2) is 8.68 Å².